The molecule has 7 atom stereocenters. The zero-order valence-electron chi connectivity index (χ0n) is 26.9. The minimum atomic E-state index is -6.84. The zero-order valence-corrected chi connectivity index (χ0v) is 26.9. The first-order valence-electron chi connectivity index (χ1n) is 16.8. The van der Waals surface area contributed by atoms with Gasteiger partial charge in [-0.2, -0.15) is 39.5 Å². The predicted molar refractivity (Wildman–Crippen MR) is 158 cm³/mol. The largest absolute Gasteiger partial charge is 0.508 e. The Labute approximate surface area is 270 Å². The van der Waals surface area contributed by atoms with Gasteiger partial charge in [-0.25, -0.2) is 4.39 Å². The highest BCUT2D eigenvalue weighted by Crippen LogP contribution is 2.63. The lowest BCUT2D eigenvalue weighted by molar-refractivity contribution is -0.396. The fraction of sp³-hybridized carbons (Fsp3) is 0.824. The molecule has 2 saturated carbocycles. The van der Waals surface area contributed by atoms with Crippen molar-refractivity contribution in [2.45, 2.75) is 133 Å². The Hall–Kier alpha value is -1.76. The maximum atomic E-state index is 15.9. The molecule has 1 aromatic carbocycles. The fourth-order valence-corrected chi connectivity index (χ4v) is 8.76. The van der Waals surface area contributed by atoms with E-state index >= 15 is 4.39 Å². The minimum Gasteiger partial charge on any atom is -0.508 e. The number of fused-ring (bicyclic) bond motifs is 5. The Morgan fingerprint density at radius 1 is 0.851 bits per heavy atom. The molecular formula is C34H47F10NO2. The Kier molecular flexibility index (Phi) is 11.5. The highest BCUT2D eigenvalue weighted by atomic mass is 19.4. The molecule has 0 aliphatic heterocycles. The van der Waals surface area contributed by atoms with E-state index in [2.05, 4.69) is 0 Å². The molecule has 0 heterocycles. The van der Waals surface area contributed by atoms with E-state index in [-0.39, 0.29) is 35.8 Å². The van der Waals surface area contributed by atoms with Crippen molar-refractivity contribution in [3.63, 3.8) is 0 Å². The van der Waals surface area contributed by atoms with Gasteiger partial charge in [0.15, 0.2) is 0 Å². The lowest BCUT2D eigenvalue weighted by atomic mass is 9.51. The van der Waals surface area contributed by atoms with E-state index in [1.54, 1.807) is 12.1 Å². The van der Waals surface area contributed by atoms with E-state index < -0.39 is 54.5 Å². The fourth-order valence-electron chi connectivity index (χ4n) is 8.76. The van der Waals surface area contributed by atoms with Crippen LogP contribution in [0.4, 0.5) is 43.9 Å². The molecule has 3 aliphatic carbocycles. The average molecular weight is 692 g/mol. The maximum Gasteiger partial charge on any atom is 0.460 e. The van der Waals surface area contributed by atoms with Crippen molar-refractivity contribution in [2.75, 3.05) is 20.1 Å². The Morgan fingerprint density at radius 3 is 2.11 bits per heavy atom. The van der Waals surface area contributed by atoms with Crippen molar-refractivity contribution in [2.24, 2.45) is 23.2 Å². The lowest BCUT2D eigenvalue weighted by Gasteiger charge is -2.54. The van der Waals surface area contributed by atoms with Gasteiger partial charge in [0, 0.05) is 12.3 Å². The number of unbranched alkanes of at least 4 members (excludes halogenated alkanes) is 5. The standard InChI is InChI=1S/C34H47F10NO2/c1-30-20-26(35)29-24-12-11-23(46)19-22(24)18-21(28(29)25(30)13-14-27(30)47)10-6-5-9-17-45(2)16-8-4-3-7-15-31(36,37)32(38,39)33(40,41)34(42,43)44/h11-12,19,21,25-29,46-47H,3-10,13-18,20H2,1-2H3/t21-,25+,26+,27+,28+,29+,30+/m1/s1. The van der Waals surface area contributed by atoms with Gasteiger partial charge in [0.2, 0.25) is 0 Å². The number of phenols is 1. The van der Waals surface area contributed by atoms with Crippen LogP contribution in [0.1, 0.15) is 101 Å². The van der Waals surface area contributed by atoms with E-state index in [4.69, 9.17) is 0 Å². The molecule has 0 bridgehead atoms. The molecule has 4 rings (SSSR count). The number of benzene rings is 1. The van der Waals surface area contributed by atoms with Gasteiger partial charge in [0.1, 0.15) is 11.9 Å². The molecule has 3 aliphatic rings. The highest BCUT2D eigenvalue weighted by Gasteiger charge is 2.81. The molecule has 270 valence electrons. The predicted octanol–water partition coefficient (Wildman–Crippen LogP) is 9.69. The maximum absolute atomic E-state index is 15.9. The number of alkyl halides is 10. The van der Waals surface area contributed by atoms with Gasteiger partial charge < -0.3 is 15.1 Å². The zero-order chi connectivity index (χ0) is 35.0. The van der Waals surface area contributed by atoms with Gasteiger partial charge in [0.05, 0.1) is 6.10 Å². The Morgan fingerprint density at radius 2 is 1.47 bits per heavy atom. The first kappa shape index (κ1) is 38.0. The summed E-state index contributed by atoms with van der Waals surface area (Å²) in [6.07, 6.45) is -3.67. The molecule has 0 unspecified atom stereocenters. The second-order valence-electron chi connectivity index (χ2n) is 14.5. The van der Waals surface area contributed by atoms with Crippen molar-refractivity contribution in [1.29, 1.82) is 0 Å². The van der Waals surface area contributed by atoms with Crippen LogP contribution in [-0.2, 0) is 6.42 Å². The molecule has 0 aromatic heterocycles. The van der Waals surface area contributed by atoms with Crippen LogP contribution in [0, 0.1) is 23.2 Å². The van der Waals surface area contributed by atoms with Gasteiger partial charge in [-0.3, -0.25) is 0 Å². The van der Waals surface area contributed by atoms with Crippen LogP contribution in [0.5, 0.6) is 5.75 Å². The Bertz CT molecular complexity index is 1190. The molecule has 2 fully saturated rings. The molecular weight excluding hydrogens is 644 g/mol. The van der Waals surface area contributed by atoms with Crippen LogP contribution in [-0.4, -0.2) is 71.5 Å². The molecule has 1 aromatic rings. The van der Waals surface area contributed by atoms with E-state index in [1.165, 1.54) is 0 Å². The van der Waals surface area contributed by atoms with Crippen molar-refractivity contribution in [1.82, 2.24) is 4.90 Å². The van der Waals surface area contributed by atoms with Crippen LogP contribution in [0.2, 0.25) is 0 Å². The highest BCUT2D eigenvalue weighted by molar-refractivity contribution is 5.41. The molecule has 47 heavy (non-hydrogen) atoms. The summed E-state index contributed by atoms with van der Waals surface area (Å²) in [6, 6.07) is 5.25. The second-order valence-corrected chi connectivity index (χ2v) is 14.5. The van der Waals surface area contributed by atoms with E-state index in [0.717, 1.165) is 56.2 Å². The topological polar surface area (TPSA) is 43.7 Å². The molecule has 0 radical (unpaired) electrons. The molecule has 0 amide bonds. The lowest BCUT2D eigenvalue weighted by Crippen LogP contribution is -2.60. The third-order valence-electron chi connectivity index (χ3n) is 11.4. The Balaban J connectivity index is 1.19. The van der Waals surface area contributed by atoms with Gasteiger partial charge in [0.25, 0.3) is 0 Å². The van der Waals surface area contributed by atoms with Gasteiger partial charge in [-0.15, -0.1) is 0 Å². The summed E-state index contributed by atoms with van der Waals surface area (Å²) in [5.74, 6) is -18.4. The number of nitrogens with zero attached hydrogens (tertiary/aromatic N) is 1. The summed E-state index contributed by atoms with van der Waals surface area (Å²) >= 11 is 0. The van der Waals surface area contributed by atoms with Crippen LogP contribution in [0.25, 0.3) is 0 Å². The first-order valence-corrected chi connectivity index (χ1v) is 16.8. The van der Waals surface area contributed by atoms with Crippen LogP contribution < -0.4 is 0 Å². The molecule has 3 nitrogen and oxygen atoms in total. The number of phenolic OH excluding ortho intramolecular Hbond substituents is 1. The number of halogens is 10. The number of aliphatic hydroxyl groups excluding tert-OH is 1. The van der Waals surface area contributed by atoms with Crippen LogP contribution >= 0.6 is 0 Å². The number of hydrogen-bond donors (Lipinski definition) is 2. The third-order valence-corrected chi connectivity index (χ3v) is 11.4. The summed E-state index contributed by atoms with van der Waals surface area (Å²) in [7, 11) is 1.87. The summed E-state index contributed by atoms with van der Waals surface area (Å²) in [6.45, 7) is 3.35. The van der Waals surface area contributed by atoms with E-state index in [0.29, 0.717) is 32.2 Å². The SMILES string of the molecule is CN(CCCCCCC(F)(F)C(F)(F)C(F)(F)C(F)(F)F)CCCCC[C@@H]1Cc2cc(O)ccc2[C@@H]2[C@@H]1[C@@H]1CC[C@H](O)[C@@]1(C)C[C@@H]2F. The molecule has 0 saturated heterocycles. The van der Waals surface area contributed by atoms with Gasteiger partial charge >= 0.3 is 23.9 Å². The van der Waals surface area contributed by atoms with Gasteiger partial charge in [-0.1, -0.05) is 38.7 Å². The number of aliphatic hydroxyl groups is 1. The average Bonchev–Trinajstić information content (AvgIpc) is 3.26. The van der Waals surface area contributed by atoms with Crippen LogP contribution in [0.15, 0.2) is 18.2 Å². The number of rotatable bonds is 15. The second kappa shape index (κ2) is 14.2. The normalized spacial score (nSPS) is 29.9. The van der Waals surface area contributed by atoms with E-state index in [1.807, 2.05) is 24.9 Å². The van der Waals surface area contributed by atoms with Crippen LogP contribution in [0.3, 0.4) is 0 Å². The number of hydrogen-bond acceptors (Lipinski definition) is 3. The molecule has 0 spiro atoms. The molecule has 2 N–H and O–H groups in total. The summed E-state index contributed by atoms with van der Waals surface area (Å²) in [5.41, 5.74) is 1.54. The van der Waals surface area contributed by atoms with E-state index in [9.17, 15) is 49.7 Å². The quantitative estimate of drug-likeness (QED) is 0.142. The summed E-state index contributed by atoms with van der Waals surface area (Å²) in [4.78, 5) is 2.03. The smallest absolute Gasteiger partial charge is 0.460 e. The summed E-state index contributed by atoms with van der Waals surface area (Å²) < 4.78 is 133. The minimum absolute atomic E-state index is 0.0155. The van der Waals surface area contributed by atoms with Crippen molar-refractivity contribution >= 4 is 0 Å². The monoisotopic (exact) mass is 691 g/mol. The van der Waals surface area contributed by atoms with Crippen molar-refractivity contribution in [3.05, 3.63) is 29.3 Å². The third kappa shape index (κ3) is 7.55. The van der Waals surface area contributed by atoms with Crippen molar-refractivity contribution in [3.8, 4) is 5.75 Å². The summed E-state index contributed by atoms with van der Waals surface area (Å²) in [5, 5.41) is 20.9. The first-order chi connectivity index (χ1) is 21.7. The van der Waals surface area contributed by atoms with Gasteiger partial charge in [-0.05, 0) is 118 Å². The number of aromatic hydroxyl groups is 1. The van der Waals surface area contributed by atoms with Crippen molar-refractivity contribution < 1.29 is 54.1 Å². The molecule has 13 heteroatoms.